The van der Waals surface area contributed by atoms with Gasteiger partial charge in [-0.15, -0.1) is 0 Å². The standard InChI is InChI=1S/C8H17N3/c1-3-9-5-6-11-8(1)2-4-10-7-8/h9-11H,1-7H2. The van der Waals surface area contributed by atoms with E-state index in [1.807, 2.05) is 0 Å². The molecule has 0 saturated carbocycles. The van der Waals surface area contributed by atoms with Gasteiger partial charge in [0.1, 0.15) is 0 Å². The molecule has 3 nitrogen and oxygen atoms in total. The van der Waals surface area contributed by atoms with Gasteiger partial charge in [-0.3, -0.25) is 0 Å². The highest BCUT2D eigenvalue weighted by molar-refractivity contribution is 4.97. The summed E-state index contributed by atoms with van der Waals surface area (Å²) in [6.07, 6.45) is 2.58. The molecular formula is C8H17N3. The molecule has 1 spiro atoms. The van der Waals surface area contributed by atoms with Crippen LogP contribution in [0.3, 0.4) is 0 Å². The monoisotopic (exact) mass is 155 g/mol. The van der Waals surface area contributed by atoms with E-state index in [4.69, 9.17) is 0 Å². The van der Waals surface area contributed by atoms with Crippen LogP contribution in [0.4, 0.5) is 0 Å². The Labute approximate surface area is 67.9 Å². The molecule has 3 N–H and O–H groups in total. The molecule has 0 aromatic carbocycles. The summed E-state index contributed by atoms with van der Waals surface area (Å²) in [5.74, 6) is 0. The Hall–Kier alpha value is -0.120. The lowest BCUT2D eigenvalue weighted by Gasteiger charge is -2.27. The van der Waals surface area contributed by atoms with E-state index >= 15 is 0 Å². The predicted octanol–water partition coefficient (Wildman–Crippen LogP) is -0.699. The molecule has 2 aliphatic rings. The molecule has 2 fully saturated rings. The maximum absolute atomic E-state index is 3.63. The van der Waals surface area contributed by atoms with Crippen molar-refractivity contribution >= 4 is 0 Å². The molecule has 1 atom stereocenters. The van der Waals surface area contributed by atoms with Crippen molar-refractivity contribution in [2.45, 2.75) is 18.4 Å². The second-order valence-corrected chi connectivity index (χ2v) is 3.63. The van der Waals surface area contributed by atoms with Crippen LogP contribution in [0, 0.1) is 0 Å². The molecule has 0 aromatic rings. The lowest BCUT2D eigenvalue weighted by Crippen LogP contribution is -2.47. The van der Waals surface area contributed by atoms with Crippen molar-refractivity contribution in [2.75, 3.05) is 32.7 Å². The number of hydrogen-bond acceptors (Lipinski definition) is 3. The number of rotatable bonds is 0. The van der Waals surface area contributed by atoms with Crippen molar-refractivity contribution in [3.05, 3.63) is 0 Å². The summed E-state index contributed by atoms with van der Waals surface area (Å²) in [6, 6.07) is 0. The summed E-state index contributed by atoms with van der Waals surface area (Å²) >= 11 is 0. The quantitative estimate of drug-likeness (QED) is 0.433. The molecule has 2 rings (SSSR count). The molecule has 2 heterocycles. The first kappa shape index (κ1) is 7.53. The summed E-state index contributed by atoms with van der Waals surface area (Å²) in [4.78, 5) is 0. The van der Waals surface area contributed by atoms with E-state index in [0.717, 1.165) is 19.6 Å². The lowest BCUT2D eigenvalue weighted by atomic mass is 9.95. The van der Waals surface area contributed by atoms with Gasteiger partial charge in [0.25, 0.3) is 0 Å². The Morgan fingerprint density at radius 1 is 0.818 bits per heavy atom. The Kier molecular flexibility index (Phi) is 2.11. The molecule has 0 amide bonds. The van der Waals surface area contributed by atoms with Gasteiger partial charge in [-0.2, -0.15) is 0 Å². The van der Waals surface area contributed by atoms with Crippen molar-refractivity contribution in [1.82, 2.24) is 16.0 Å². The SMILES string of the molecule is C1CNC2(CCN1)CCNC2. The first-order chi connectivity index (χ1) is 5.41. The van der Waals surface area contributed by atoms with Crippen LogP contribution < -0.4 is 16.0 Å². The second kappa shape index (κ2) is 3.09. The summed E-state index contributed by atoms with van der Waals surface area (Å²) in [7, 11) is 0. The molecule has 0 radical (unpaired) electrons. The van der Waals surface area contributed by atoms with Crippen LogP contribution in [-0.2, 0) is 0 Å². The fourth-order valence-electron chi connectivity index (χ4n) is 2.07. The van der Waals surface area contributed by atoms with Crippen molar-refractivity contribution in [1.29, 1.82) is 0 Å². The van der Waals surface area contributed by atoms with Gasteiger partial charge in [0.15, 0.2) is 0 Å². The fraction of sp³-hybridized carbons (Fsp3) is 1.00. The predicted molar refractivity (Wildman–Crippen MR) is 45.7 cm³/mol. The van der Waals surface area contributed by atoms with Crippen molar-refractivity contribution in [2.24, 2.45) is 0 Å². The highest BCUT2D eigenvalue weighted by Gasteiger charge is 2.33. The molecule has 2 saturated heterocycles. The highest BCUT2D eigenvalue weighted by Crippen LogP contribution is 2.18. The van der Waals surface area contributed by atoms with E-state index in [-0.39, 0.29) is 0 Å². The molecule has 3 heteroatoms. The average molecular weight is 155 g/mol. The zero-order chi connectivity index (χ0) is 7.57. The molecule has 1 unspecified atom stereocenters. The Bertz CT molecular complexity index is 119. The molecule has 0 aliphatic carbocycles. The maximum atomic E-state index is 3.63. The van der Waals surface area contributed by atoms with Crippen LogP contribution in [-0.4, -0.2) is 38.3 Å². The number of hydrogen-bond donors (Lipinski definition) is 3. The average Bonchev–Trinajstić information content (AvgIpc) is 2.32. The van der Waals surface area contributed by atoms with Gasteiger partial charge in [0, 0.05) is 25.2 Å². The van der Waals surface area contributed by atoms with E-state index in [2.05, 4.69) is 16.0 Å². The topological polar surface area (TPSA) is 36.1 Å². The Morgan fingerprint density at radius 3 is 2.36 bits per heavy atom. The largest absolute Gasteiger partial charge is 0.315 e. The number of nitrogens with one attached hydrogen (secondary N) is 3. The van der Waals surface area contributed by atoms with Crippen molar-refractivity contribution < 1.29 is 0 Å². The minimum atomic E-state index is 0.434. The van der Waals surface area contributed by atoms with Crippen LogP contribution in [0.25, 0.3) is 0 Å². The third-order valence-corrected chi connectivity index (χ3v) is 2.83. The van der Waals surface area contributed by atoms with Crippen LogP contribution in [0.1, 0.15) is 12.8 Å². The minimum Gasteiger partial charge on any atom is -0.315 e. The van der Waals surface area contributed by atoms with Gasteiger partial charge in [0.05, 0.1) is 0 Å². The maximum Gasteiger partial charge on any atom is 0.0330 e. The summed E-state index contributed by atoms with van der Waals surface area (Å²) < 4.78 is 0. The van der Waals surface area contributed by atoms with Crippen molar-refractivity contribution in [3.8, 4) is 0 Å². The van der Waals surface area contributed by atoms with E-state index in [9.17, 15) is 0 Å². The van der Waals surface area contributed by atoms with Crippen molar-refractivity contribution in [3.63, 3.8) is 0 Å². The van der Waals surface area contributed by atoms with Gasteiger partial charge in [-0.25, -0.2) is 0 Å². The zero-order valence-corrected chi connectivity index (χ0v) is 6.95. The first-order valence-electron chi connectivity index (χ1n) is 4.58. The van der Waals surface area contributed by atoms with Crippen LogP contribution in [0.2, 0.25) is 0 Å². The van der Waals surface area contributed by atoms with Crippen LogP contribution >= 0.6 is 0 Å². The van der Waals surface area contributed by atoms with Crippen LogP contribution in [0.5, 0.6) is 0 Å². The van der Waals surface area contributed by atoms with Gasteiger partial charge >= 0.3 is 0 Å². The Morgan fingerprint density at radius 2 is 1.64 bits per heavy atom. The molecule has 0 aromatic heterocycles. The molecular weight excluding hydrogens is 138 g/mol. The van der Waals surface area contributed by atoms with E-state index < -0.39 is 0 Å². The van der Waals surface area contributed by atoms with Crippen LogP contribution in [0.15, 0.2) is 0 Å². The smallest absolute Gasteiger partial charge is 0.0330 e. The fourth-order valence-corrected chi connectivity index (χ4v) is 2.07. The van der Waals surface area contributed by atoms with E-state index in [1.54, 1.807) is 0 Å². The lowest BCUT2D eigenvalue weighted by molar-refractivity contribution is 0.356. The van der Waals surface area contributed by atoms with Gasteiger partial charge in [-0.1, -0.05) is 0 Å². The second-order valence-electron chi connectivity index (χ2n) is 3.63. The van der Waals surface area contributed by atoms with Gasteiger partial charge < -0.3 is 16.0 Å². The molecule has 64 valence electrons. The third kappa shape index (κ3) is 1.55. The van der Waals surface area contributed by atoms with Gasteiger partial charge in [0.2, 0.25) is 0 Å². The Balaban J connectivity index is 1.97. The zero-order valence-electron chi connectivity index (χ0n) is 6.95. The summed E-state index contributed by atoms with van der Waals surface area (Å²) in [5.41, 5.74) is 0.434. The normalized spacial score (nSPS) is 39.3. The molecule has 0 bridgehead atoms. The van der Waals surface area contributed by atoms with E-state index in [0.29, 0.717) is 5.54 Å². The highest BCUT2D eigenvalue weighted by atomic mass is 15.1. The summed E-state index contributed by atoms with van der Waals surface area (Å²) in [5, 5.41) is 10.5. The molecule has 2 aliphatic heterocycles. The van der Waals surface area contributed by atoms with E-state index in [1.165, 1.54) is 25.9 Å². The summed E-state index contributed by atoms with van der Waals surface area (Å²) in [6.45, 7) is 5.78. The molecule has 11 heavy (non-hydrogen) atoms. The third-order valence-electron chi connectivity index (χ3n) is 2.83. The minimum absolute atomic E-state index is 0.434. The first-order valence-corrected chi connectivity index (χ1v) is 4.58. The van der Waals surface area contributed by atoms with Gasteiger partial charge in [-0.05, 0) is 25.9 Å².